The van der Waals surface area contributed by atoms with Crippen LogP contribution < -0.4 is 0 Å². The van der Waals surface area contributed by atoms with Gasteiger partial charge in [-0.05, 0) is 19.3 Å². The van der Waals surface area contributed by atoms with Gasteiger partial charge in [0.05, 0.1) is 0 Å². The van der Waals surface area contributed by atoms with Crippen molar-refractivity contribution in [3.63, 3.8) is 0 Å². The third-order valence-electron chi connectivity index (χ3n) is 3.54. The average Bonchev–Trinajstić information content (AvgIpc) is 2.79. The summed E-state index contributed by atoms with van der Waals surface area (Å²) in [7, 11) is 0. The highest BCUT2D eigenvalue weighted by molar-refractivity contribution is 4.99. The van der Waals surface area contributed by atoms with Crippen LogP contribution in [0.4, 0.5) is 0 Å². The van der Waals surface area contributed by atoms with Gasteiger partial charge >= 0.3 is 0 Å². The number of aryl methyl sites for hydroxylation is 1. The lowest BCUT2D eigenvalue weighted by atomic mass is 9.89. The van der Waals surface area contributed by atoms with Crippen LogP contribution >= 0.6 is 0 Å². The summed E-state index contributed by atoms with van der Waals surface area (Å²) in [6.45, 7) is 2.23. The Morgan fingerprint density at radius 3 is 2.75 bits per heavy atom. The molecule has 0 radical (unpaired) electrons. The summed E-state index contributed by atoms with van der Waals surface area (Å²) < 4.78 is 0. The van der Waals surface area contributed by atoms with E-state index in [1.807, 2.05) is 0 Å². The molecule has 0 saturated heterocycles. The predicted octanol–water partition coefficient (Wildman–Crippen LogP) is 3.59. The van der Waals surface area contributed by atoms with Crippen LogP contribution in [0, 0.1) is 0 Å². The van der Waals surface area contributed by atoms with Crippen molar-refractivity contribution in [2.75, 3.05) is 0 Å². The van der Waals surface area contributed by atoms with Crippen LogP contribution in [0.2, 0.25) is 0 Å². The Bertz CT molecular complexity index is 300. The second kappa shape index (κ2) is 6.02. The molecule has 1 aliphatic carbocycles. The van der Waals surface area contributed by atoms with Crippen LogP contribution in [0.3, 0.4) is 0 Å². The summed E-state index contributed by atoms with van der Waals surface area (Å²) in [5.41, 5.74) is 0. The van der Waals surface area contributed by atoms with E-state index in [0.29, 0.717) is 5.92 Å². The second-order valence-corrected chi connectivity index (χ2v) is 4.93. The van der Waals surface area contributed by atoms with Gasteiger partial charge in [0, 0.05) is 12.3 Å². The standard InChI is InChI=1S/C13H23N3/c1-2-3-5-10-12-14-13(16-15-12)11-8-6-4-7-9-11/h11H,2-10H2,1H3,(H,14,15,16). The Morgan fingerprint density at radius 1 is 1.19 bits per heavy atom. The SMILES string of the molecule is CCCCCc1nc(C2CCCCC2)n[nH]1. The molecule has 0 aliphatic heterocycles. The molecule has 1 N–H and O–H groups in total. The zero-order valence-corrected chi connectivity index (χ0v) is 10.3. The fourth-order valence-electron chi connectivity index (χ4n) is 2.51. The zero-order chi connectivity index (χ0) is 11.2. The largest absolute Gasteiger partial charge is 0.263 e. The van der Waals surface area contributed by atoms with Gasteiger partial charge in [-0.25, -0.2) is 4.98 Å². The number of nitrogens with one attached hydrogen (secondary N) is 1. The first-order valence-electron chi connectivity index (χ1n) is 6.81. The lowest BCUT2D eigenvalue weighted by Gasteiger charge is -2.17. The quantitative estimate of drug-likeness (QED) is 0.772. The van der Waals surface area contributed by atoms with E-state index in [9.17, 15) is 0 Å². The Labute approximate surface area is 98.1 Å². The Hall–Kier alpha value is -0.860. The number of hydrogen-bond acceptors (Lipinski definition) is 2. The Balaban J connectivity index is 1.85. The molecule has 1 saturated carbocycles. The van der Waals surface area contributed by atoms with Gasteiger partial charge < -0.3 is 0 Å². The summed E-state index contributed by atoms with van der Waals surface area (Å²) in [6, 6.07) is 0. The first-order valence-corrected chi connectivity index (χ1v) is 6.81. The minimum atomic E-state index is 0.630. The molecule has 3 nitrogen and oxygen atoms in total. The highest BCUT2D eigenvalue weighted by atomic mass is 15.2. The van der Waals surface area contributed by atoms with Crippen LogP contribution in [0.1, 0.15) is 75.9 Å². The molecule has 1 fully saturated rings. The van der Waals surface area contributed by atoms with Gasteiger partial charge in [-0.3, -0.25) is 5.10 Å². The molecule has 0 unspecified atom stereocenters. The molecule has 0 amide bonds. The molecule has 3 heteroatoms. The molecule has 16 heavy (non-hydrogen) atoms. The maximum absolute atomic E-state index is 4.64. The topological polar surface area (TPSA) is 41.6 Å². The molecule has 90 valence electrons. The lowest BCUT2D eigenvalue weighted by Crippen LogP contribution is -2.06. The van der Waals surface area contributed by atoms with E-state index in [-0.39, 0.29) is 0 Å². The minimum Gasteiger partial charge on any atom is -0.263 e. The number of nitrogens with zero attached hydrogens (tertiary/aromatic N) is 2. The number of unbranched alkanes of at least 4 members (excludes halogenated alkanes) is 2. The summed E-state index contributed by atoms with van der Waals surface area (Å²) >= 11 is 0. The van der Waals surface area contributed by atoms with E-state index in [2.05, 4.69) is 22.1 Å². The van der Waals surface area contributed by atoms with Crippen LogP contribution in [0.15, 0.2) is 0 Å². The number of hydrogen-bond donors (Lipinski definition) is 1. The number of rotatable bonds is 5. The zero-order valence-electron chi connectivity index (χ0n) is 10.3. The highest BCUT2D eigenvalue weighted by Crippen LogP contribution is 2.30. The van der Waals surface area contributed by atoms with Gasteiger partial charge in [-0.2, -0.15) is 5.10 Å². The fourth-order valence-corrected chi connectivity index (χ4v) is 2.51. The molecule has 1 aliphatic rings. The van der Waals surface area contributed by atoms with Crippen molar-refractivity contribution in [3.8, 4) is 0 Å². The van der Waals surface area contributed by atoms with Crippen molar-refractivity contribution in [1.82, 2.24) is 15.2 Å². The van der Waals surface area contributed by atoms with Gasteiger partial charge in [0.2, 0.25) is 0 Å². The van der Waals surface area contributed by atoms with Gasteiger partial charge in [-0.1, -0.05) is 39.0 Å². The third kappa shape index (κ3) is 3.06. The third-order valence-corrected chi connectivity index (χ3v) is 3.54. The van der Waals surface area contributed by atoms with Crippen molar-refractivity contribution < 1.29 is 0 Å². The second-order valence-electron chi connectivity index (χ2n) is 4.93. The van der Waals surface area contributed by atoms with Crippen molar-refractivity contribution in [1.29, 1.82) is 0 Å². The molecule has 1 heterocycles. The first kappa shape index (κ1) is 11.6. The molecule has 0 spiro atoms. The van der Waals surface area contributed by atoms with Crippen LogP contribution in [0.5, 0.6) is 0 Å². The van der Waals surface area contributed by atoms with Crippen LogP contribution in [-0.4, -0.2) is 15.2 Å². The number of H-pyrrole nitrogens is 1. The van der Waals surface area contributed by atoms with Gasteiger partial charge in [0.25, 0.3) is 0 Å². The van der Waals surface area contributed by atoms with Crippen LogP contribution in [-0.2, 0) is 6.42 Å². The summed E-state index contributed by atoms with van der Waals surface area (Å²) in [5, 5.41) is 7.48. The van der Waals surface area contributed by atoms with E-state index >= 15 is 0 Å². The molecule has 0 aromatic carbocycles. The van der Waals surface area contributed by atoms with Crippen LogP contribution in [0.25, 0.3) is 0 Å². The first-order chi connectivity index (χ1) is 7.90. The number of aromatic amines is 1. The molecule has 1 aromatic rings. The Kier molecular flexibility index (Phi) is 4.37. The molecular weight excluding hydrogens is 198 g/mol. The van der Waals surface area contributed by atoms with Crippen molar-refractivity contribution in [3.05, 3.63) is 11.6 Å². The van der Waals surface area contributed by atoms with E-state index < -0.39 is 0 Å². The fraction of sp³-hybridized carbons (Fsp3) is 0.846. The molecule has 2 rings (SSSR count). The van der Waals surface area contributed by atoms with Gasteiger partial charge in [0.15, 0.2) is 5.82 Å². The van der Waals surface area contributed by atoms with E-state index in [1.54, 1.807) is 0 Å². The summed E-state index contributed by atoms with van der Waals surface area (Å²) in [5.74, 6) is 2.80. The lowest BCUT2D eigenvalue weighted by molar-refractivity contribution is 0.429. The van der Waals surface area contributed by atoms with Crippen molar-refractivity contribution in [2.24, 2.45) is 0 Å². The van der Waals surface area contributed by atoms with Crippen molar-refractivity contribution in [2.45, 2.75) is 70.6 Å². The van der Waals surface area contributed by atoms with E-state index in [0.717, 1.165) is 18.1 Å². The number of aromatic nitrogens is 3. The maximum atomic E-state index is 4.64. The summed E-state index contributed by atoms with van der Waals surface area (Å²) in [6.07, 6.45) is 11.5. The van der Waals surface area contributed by atoms with E-state index in [1.165, 1.54) is 51.4 Å². The molecule has 0 atom stereocenters. The molecule has 1 aromatic heterocycles. The summed E-state index contributed by atoms with van der Waals surface area (Å²) in [4.78, 5) is 4.64. The minimum absolute atomic E-state index is 0.630. The normalized spacial score (nSPS) is 17.8. The Morgan fingerprint density at radius 2 is 2.00 bits per heavy atom. The van der Waals surface area contributed by atoms with Crippen molar-refractivity contribution >= 4 is 0 Å². The van der Waals surface area contributed by atoms with E-state index in [4.69, 9.17) is 0 Å². The molecular formula is C13H23N3. The molecule has 0 bridgehead atoms. The van der Waals surface area contributed by atoms with Gasteiger partial charge in [-0.15, -0.1) is 0 Å². The predicted molar refractivity (Wildman–Crippen MR) is 65.4 cm³/mol. The van der Waals surface area contributed by atoms with Gasteiger partial charge in [0.1, 0.15) is 5.82 Å². The highest BCUT2D eigenvalue weighted by Gasteiger charge is 2.19. The average molecular weight is 221 g/mol. The monoisotopic (exact) mass is 221 g/mol. The smallest absolute Gasteiger partial charge is 0.153 e. The maximum Gasteiger partial charge on any atom is 0.153 e.